The van der Waals surface area contributed by atoms with Crippen LogP contribution in [0, 0.1) is 0 Å². The highest BCUT2D eigenvalue weighted by atomic mass is 33.6. The molecule has 0 saturated heterocycles. The molecule has 0 aliphatic carbocycles. The summed E-state index contributed by atoms with van der Waals surface area (Å²) in [7, 11) is 177. The summed E-state index contributed by atoms with van der Waals surface area (Å²) in [6.07, 6.45) is 0. The predicted molar refractivity (Wildman–Crippen MR) is 737 cm³/mol. The van der Waals surface area contributed by atoms with Crippen LogP contribution >= 0.6 is 0 Å². The van der Waals surface area contributed by atoms with Gasteiger partial charge in [0.1, 0.15) is 0 Å². The highest BCUT2D eigenvalue weighted by molar-refractivity contribution is 8.87. The summed E-state index contributed by atoms with van der Waals surface area (Å²) in [6.45, 7) is 0. The Kier molecular flexibility index (Phi) is 148. The summed E-state index contributed by atoms with van der Waals surface area (Å²) in [5, 5.41) is 0. The summed E-state index contributed by atoms with van der Waals surface area (Å²) in [5.41, 5.74) is 0. The van der Waals surface area contributed by atoms with Crippen molar-refractivity contribution in [3.63, 3.8) is 0 Å². The molecule has 100 heteroatoms. The van der Waals surface area contributed by atoms with Crippen molar-refractivity contribution >= 4 is 893 Å². The fourth-order valence-electron chi connectivity index (χ4n) is 1.09. The Morgan fingerprint density at radius 1 is 0.0500 bits per heavy atom. The zero-order valence-corrected chi connectivity index (χ0v) is 122. The number of rotatable bonds is 0. The van der Waals surface area contributed by atoms with Gasteiger partial charge in [-0.1, -0.05) is 0 Å². The molecule has 0 radical (unpaired) electrons. The molecule has 0 heterocycles. The van der Waals surface area contributed by atoms with Gasteiger partial charge in [-0.3, -0.25) is 0 Å². The van der Waals surface area contributed by atoms with E-state index < -0.39 is 0 Å². The van der Waals surface area contributed by atoms with Gasteiger partial charge in [-0.15, -0.1) is 0 Å². The Morgan fingerprint density at radius 2 is 0.0800 bits per heavy atom. The maximum Gasteiger partial charge on any atom is 0 e. The molecule has 0 fully saturated rings. The molecule has 0 aliphatic rings. The van der Waals surface area contributed by atoms with Gasteiger partial charge in [0, 0.05) is 893 Å². The summed E-state index contributed by atoms with van der Waals surface area (Å²) in [4.78, 5) is 0. The van der Waals surface area contributed by atoms with Crippen molar-refractivity contribution in [2.45, 2.75) is 0 Å². The SMILES string of the molecule is S=S=S=S=S=S=S=S=S=S=S=S=S=S=S=S=S=S=S=S=S=S=S=S=S=S=S=S=S=S=S=S=S=S=S=S=S=S=S=S=S=S=S=S=S=S=S=S=S=S=S=S=S=S=S=S=S=S=S=S=S=S=S=S=S=S=S=S=S=S=S=S=S=S=S=S=S=S=S=S=S=S=S=S=S=S=S=S=S=S=S=S=S=S=S=S=S=S=S=S. The fourth-order valence-corrected chi connectivity index (χ4v) is 265. The number of hydrogen-bond acceptors (Lipinski definition) is 2. The Morgan fingerprint density at radius 3 is 0.110 bits per heavy atom. The van der Waals surface area contributed by atoms with Crippen LogP contribution in [0.5, 0.6) is 0 Å². The lowest BCUT2D eigenvalue weighted by Gasteiger charge is -1.41. The molecule has 600 valence electrons. The largest absolute Gasteiger partial charge is 0 e. The minimum atomic E-state index is 1.37. The molecule has 0 rings (SSSR count). The van der Waals surface area contributed by atoms with E-state index >= 15 is 0 Å². The maximum atomic E-state index is 4.83. The minimum absolute atomic E-state index is 1.37. The third-order valence-electron chi connectivity index (χ3n) is 2.69. The van der Waals surface area contributed by atoms with Crippen LogP contribution in [0.15, 0.2) is 0 Å². The van der Waals surface area contributed by atoms with Gasteiger partial charge >= 0.3 is 0 Å². The molecule has 100 heavy (non-hydrogen) atoms. The monoisotopic (exact) mass is 3200 g/mol. The Labute approximate surface area is 864 Å². The lowest BCUT2D eigenvalue weighted by molar-refractivity contribution is 5.95. The molecule has 0 spiro atoms. The average Bonchev–Trinajstić information content (AvgIpc) is 3.66. The van der Waals surface area contributed by atoms with E-state index in [9.17, 15) is 0 Å². The van der Waals surface area contributed by atoms with Crippen molar-refractivity contribution in [1.82, 2.24) is 0 Å². The van der Waals surface area contributed by atoms with E-state index in [0.29, 0.717) is 0 Å². The summed E-state index contributed by atoms with van der Waals surface area (Å²) in [5.74, 6) is 0. The van der Waals surface area contributed by atoms with Gasteiger partial charge in [-0.25, -0.2) is 0 Å². The van der Waals surface area contributed by atoms with Crippen molar-refractivity contribution in [2.75, 3.05) is 0 Å². The first-order chi connectivity index (χ1) is 49.9. The quantitative estimate of drug-likeness (QED) is 0.329. The van der Waals surface area contributed by atoms with Gasteiger partial charge in [0.05, 0.1) is 0 Å². The lowest BCUT2D eigenvalue weighted by Crippen LogP contribution is -1.41. The molecule has 0 nitrogen and oxygen atoms in total. The highest BCUT2D eigenvalue weighted by Crippen LogP contribution is 1.50. The molecule has 0 aromatic heterocycles. The second-order valence-electron chi connectivity index (χ2n) is 6.67. The third kappa shape index (κ3) is 120. The molecule has 0 N–H and O–H groups in total. The molecule has 0 aromatic carbocycles. The first kappa shape index (κ1) is 122. The first-order valence-corrected chi connectivity index (χ1v) is 148. The Hall–Kier alpha value is 22.0. The van der Waals surface area contributed by atoms with Crippen molar-refractivity contribution in [3.8, 4) is 0 Å². The van der Waals surface area contributed by atoms with Crippen molar-refractivity contribution < 1.29 is 0 Å². The topological polar surface area (TPSA) is 0 Å². The summed E-state index contributed by atoms with van der Waals surface area (Å²) >= 11 is 9.66. The van der Waals surface area contributed by atoms with Crippen LogP contribution in [0.1, 0.15) is 0 Å². The van der Waals surface area contributed by atoms with Gasteiger partial charge in [-0.2, -0.15) is 0 Å². The second kappa shape index (κ2) is 121. The normalized spacial score (nSPS) is 7.88. The first-order valence-electron chi connectivity index (χ1n) is 16.5. The van der Waals surface area contributed by atoms with E-state index in [2.05, 4.69) is 0 Å². The van der Waals surface area contributed by atoms with Gasteiger partial charge in [-0.05, 0) is 0 Å². The van der Waals surface area contributed by atoms with E-state index in [1.54, 1.807) is 107 Å². The van der Waals surface area contributed by atoms with E-state index in [0.717, 1.165) is 0 Å². The zero-order valence-electron chi connectivity index (χ0n) is 40.8. The maximum absolute atomic E-state index is 4.83. The third-order valence-corrected chi connectivity index (χ3v) is 218. The van der Waals surface area contributed by atoms with Crippen LogP contribution in [0.3, 0.4) is 0 Å². The molecule has 0 bridgehead atoms. The molecule has 0 aliphatic heterocycles. The van der Waals surface area contributed by atoms with Crippen LogP contribution in [-0.4, -0.2) is 0 Å². The minimum Gasteiger partial charge on any atom is 0 e. The average molecular weight is 3210 g/mol. The van der Waals surface area contributed by atoms with Gasteiger partial charge in [0.2, 0.25) is 0 Å². The summed E-state index contributed by atoms with van der Waals surface area (Å²) < 4.78 is 0. The van der Waals surface area contributed by atoms with Crippen LogP contribution in [-0.2, 0) is 893 Å². The molecular weight excluding hydrogens is 3210 g/mol. The van der Waals surface area contributed by atoms with Crippen LogP contribution < -0.4 is 0 Å². The predicted octanol–water partition coefficient (Wildman–Crippen LogP) is -0.240. The molecular formula is S100. The molecule has 0 unspecified atom stereocenters. The van der Waals surface area contributed by atoms with E-state index in [1.807, 2.05) is 746 Å². The van der Waals surface area contributed by atoms with Crippen LogP contribution in [0.4, 0.5) is 0 Å². The molecule has 0 saturated carbocycles. The summed E-state index contributed by atoms with van der Waals surface area (Å²) in [6, 6.07) is 0. The zero-order chi connectivity index (χ0) is 71.3. The second-order valence-corrected chi connectivity index (χ2v) is 180. The van der Waals surface area contributed by atoms with Crippen molar-refractivity contribution in [2.24, 2.45) is 0 Å². The van der Waals surface area contributed by atoms with Crippen molar-refractivity contribution in [3.05, 3.63) is 0 Å². The Bertz CT molecular complexity index is 7500. The fraction of sp³-hybridized carbons (Fsp3) is 0. The highest BCUT2D eigenvalue weighted by Gasteiger charge is 1.51. The molecule has 0 aromatic rings. The number of hydrogen-bond donors (Lipinski definition) is 0. The van der Waals surface area contributed by atoms with Crippen LogP contribution in [0.2, 0.25) is 0 Å². The lowest BCUT2D eigenvalue weighted by atomic mass is 30.7. The Balaban J connectivity index is 6.18. The molecule has 0 amide bonds. The van der Waals surface area contributed by atoms with Gasteiger partial charge < -0.3 is 0 Å². The van der Waals surface area contributed by atoms with E-state index in [1.165, 1.54) is 17.8 Å². The van der Waals surface area contributed by atoms with E-state index in [4.69, 9.17) is 22.4 Å². The van der Waals surface area contributed by atoms with Gasteiger partial charge in [0.15, 0.2) is 0 Å². The van der Waals surface area contributed by atoms with E-state index in [-0.39, 0.29) is 0 Å². The van der Waals surface area contributed by atoms with Crippen molar-refractivity contribution in [1.29, 1.82) is 0 Å². The standard InChI is InChI=1S/S100/c1-3-5-7-9-11-13-15-17-19-21-23-25-27-29-31-33-35-37-39-41-43-45-47-49-51-53-55-57-59-61-63-65-67-69-71-73-75-77-79-81-83-85-87-89-91-93-95-97-99-100-98-96-94-92-90-88-86-84-82-80-78-76-74-72-70-68-66-64-62-60-58-56-54-52-50-48-46-44-42-40-38-36-34-32-30-28-26-24-22-20-18-16-14-12-10-8-6-4-2. The van der Waals surface area contributed by atoms with Gasteiger partial charge in [0.25, 0.3) is 0 Å². The van der Waals surface area contributed by atoms with Crippen LogP contribution in [0.25, 0.3) is 0 Å². The molecule has 0 atom stereocenters. The smallest absolute Gasteiger partial charge is 0 e.